The van der Waals surface area contributed by atoms with Crippen LogP contribution in [0.3, 0.4) is 0 Å². The number of tetrazole rings is 1. The second-order valence-electron chi connectivity index (χ2n) is 6.02. The summed E-state index contributed by atoms with van der Waals surface area (Å²) in [7, 11) is 0. The van der Waals surface area contributed by atoms with E-state index in [4.69, 9.17) is 5.73 Å². The third-order valence-electron chi connectivity index (χ3n) is 4.44. The lowest BCUT2D eigenvalue weighted by Gasteiger charge is -2.20. The van der Waals surface area contributed by atoms with Gasteiger partial charge in [-0.15, -0.1) is 5.10 Å². The molecule has 0 aliphatic heterocycles. The zero-order valence-corrected chi connectivity index (χ0v) is 12.6. The first-order chi connectivity index (χ1) is 10.3. The molecule has 0 bridgehead atoms. The monoisotopic (exact) mass is 285 g/mol. The Morgan fingerprint density at radius 2 is 1.81 bits per heavy atom. The van der Waals surface area contributed by atoms with Gasteiger partial charge in [-0.1, -0.05) is 32.1 Å². The molecule has 21 heavy (non-hydrogen) atoms. The molecular weight excluding hydrogens is 262 g/mol. The van der Waals surface area contributed by atoms with Gasteiger partial charge in [0.05, 0.1) is 6.04 Å². The molecule has 112 valence electrons. The van der Waals surface area contributed by atoms with Gasteiger partial charge >= 0.3 is 0 Å². The van der Waals surface area contributed by atoms with Gasteiger partial charge in [-0.05, 0) is 54.0 Å². The SMILES string of the molecule is Cc1cc(-c2nnnn2C2CCCCCCC2)ccc1N. The Labute approximate surface area is 125 Å². The Morgan fingerprint density at radius 1 is 1.10 bits per heavy atom. The topological polar surface area (TPSA) is 69.6 Å². The van der Waals surface area contributed by atoms with E-state index in [9.17, 15) is 0 Å². The first-order valence-corrected chi connectivity index (χ1v) is 7.90. The number of hydrogen-bond acceptors (Lipinski definition) is 4. The number of rotatable bonds is 2. The van der Waals surface area contributed by atoms with Crippen LogP contribution in [0.5, 0.6) is 0 Å². The maximum atomic E-state index is 5.90. The van der Waals surface area contributed by atoms with Crippen molar-refractivity contribution in [3.8, 4) is 11.4 Å². The molecule has 1 aliphatic carbocycles. The summed E-state index contributed by atoms with van der Waals surface area (Å²) in [5.74, 6) is 0.865. The van der Waals surface area contributed by atoms with Gasteiger partial charge in [-0.2, -0.15) is 0 Å². The molecule has 0 radical (unpaired) electrons. The summed E-state index contributed by atoms with van der Waals surface area (Å²) in [4.78, 5) is 0. The zero-order chi connectivity index (χ0) is 14.7. The van der Waals surface area contributed by atoms with Crippen LogP contribution in [0, 0.1) is 6.92 Å². The van der Waals surface area contributed by atoms with Gasteiger partial charge in [0.1, 0.15) is 0 Å². The summed E-state index contributed by atoms with van der Waals surface area (Å²) in [5, 5.41) is 12.4. The van der Waals surface area contributed by atoms with Crippen molar-refractivity contribution in [2.45, 2.75) is 57.9 Å². The Hall–Kier alpha value is -1.91. The summed E-state index contributed by atoms with van der Waals surface area (Å²) >= 11 is 0. The molecule has 0 unspecified atom stereocenters. The molecule has 1 heterocycles. The summed E-state index contributed by atoms with van der Waals surface area (Å²) < 4.78 is 2.02. The molecule has 2 aromatic rings. The van der Waals surface area contributed by atoms with Crippen LogP contribution >= 0.6 is 0 Å². The van der Waals surface area contributed by atoms with Crippen molar-refractivity contribution >= 4 is 5.69 Å². The Morgan fingerprint density at radius 3 is 2.52 bits per heavy atom. The number of nitrogens with zero attached hydrogens (tertiary/aromatic N) is 4. The van der Waals surface area contributed by atoms with Crippen molar-refractivity contribution in [1.29, 1.82) is 0 Å². The van der Waals surface area contributed by atoms with Gasteiger partial charge in [-0.3, -0.25) is 0 Å². The molecular formula is C16H23N5. The van der Waals surface area contributed by atoms with E-state index in [1.165, 1.54) is 44.9 Å². The highest BCUT2D eigenvalue weighted by Gasteiger charge is 2.19. The number of anilines is 1. The van der Waals surface area contributed by atoms with Crippen LogP contribution in [0.25, 0.3) is 11.4 Å². The fraction of sp³-hybridized carbons (Fsp3) is 0.562. The highest BCUT2D eigenvalue weighted by molar-refractivity contribution is 5.61. The minimum atomic E-state index is 0.424. The second-order valence-corrected chi connectivity index (χ2v) is 6.02. The van der Waals surface area contributed by atoms with Crippen molar-refractivity contribution < 1.29 is 0 Å². The van der Waals surface area contributed by atoms with Crippen LogP contribution < -0.4 is 5.73 Å². The lowest BCUT2D eigenvalue weighted by Crippen LogP contribution is -2.14. The number of aromatic nitrogens is 4. The van der Waals surface area contributed by atoms with E-state index in [2.05, 4.69) is 21.6 Å². The van der Waals surface area contributed by atoms with E-state index < -0.39 is 0 Å². The quantitative estimate of drug-likeness (QED) is 0.857. The summed E-state index contributed by atoms with van der Waals surface area (Å²) in [5.41, 5.74) is 8.83. The predicted molar refractivity (Wildman–Crippen MR) is 83.8 cm³/mol. The Balaban J connectivity index is 1.90. The van der Waals surface area contributed by atoms with E-state index in [-0.39, 0.29) is 0 Å². The van der Waals surface area contributed by atoms with Crippen LogP contribution in [-0.2, 0) is 0 Å². The van der Waals surface area contributed by atoms with E-state index in [1.54, 1.807) is 0 Å². The molecule has 3 rings (SSSR count). The molecule has 0 amide bonds. The van der Waals surface area contributed by atoms with Crippen molar-refractivity contribution in [3.63, 3.8) is 0 Å². The maximum Gasteiger partial charge on any atom is 0.182 e. The van der Waals surface area contributed by atoms with Gasteiger partial charge in [0.25, 0.3) is 0 Å². The smallest absolute Gasteiger partial charge is 0.182 e. The standard InChI is InChI=1S/C16H23N5/c1-12-11-13(9-10-15(12)17)16-18-19-20-21(16)14-7-5-3-2-4-6-8-14/h9-11,14H,2-8,17H2,1H3. The number of hydrogen-bond donors (Lipinski definition) is 1. The largest absolute Gasteiger partial charge is 0.399 e. The average Bonchev–Trinajstić information content (AvgIpc) is 2.91. The summed E-state index contributed by atoms with van der Waals surface area (Å²) in [6, 6.07) is 6.43. The van der Waals surface area contributed by atoms with Crippen molar-refractivity contribution in [3.05, 3.63) is 23.8 Å². The number of benzene rings is 1. The normalized spacial score (nSPS) is 17.4. The van der Waals surface area contributed by atoms with E-state index >= 15 is 0 Å². The van der Waals surface area contributed by atoms with E-state index in [0.717, 1.165) is 22.6 Å². The minimum absolute atomic E-state index is 0.424. The lowest BCUT2D eigenvalue weighted by atomic mass is 9.96. The first kappa shape index (κ1) is 14.0. The minimum Gasteiger partial charge on any atom is -0.399 e. The molecule has 0 spiro atoms. The molecule has 1 saturated carbocycles. The van der Waals surface area contributed by atoms with Crippen molar-refractivity contribution in [1.82, 2.24) is 20.2 Å². The molecule has 5 nitrogen and oxygen atoms in total. The summed E-state index contributed by atoms with van der Waals surface area (Å²) in [6.45, 7) is 2.02. The van der Waals surface area contributed by atoms with Gasteiger partial charge in [0.2, 0.25) is 0 Å². The fourth-order valence-corrected chi connectivity index (χ4v) is 3.12. The molecule has 5 heteroatoms. The Bertz CT molecular complexity index is 596. The van der Waals surface area contributed by atoms with Gasteiger partial charge in [0.15, 0.2) is 5.82 Å². The summed E-state index contributed by atoms with van der Waals surface area (Å²) in [6.07, 6.45) is 8.91. The second kappa shape index (κ2) is 6.24. The van der Waals surface area contributed by atoms with Gasteiger partial charge in [0, 0.05) is 11.3 Å². The van der Waals surface area contributed by atoms with Crippen LogP contribution in [0.15, 0.2) is 18.2 Å². The highest BCUT2D eigenvalue weighted by atomic mass is 15.5. The molecule has 1 fully saturated rings. The lowest BCUT2D eigenvalue weighted by molar-refractivity contribution is 0.345. The van der Waals surface area contributed by atoms with Crippen LogP contribution in [0.4, 0.5) is 5.69 Å². The third-order valence-corrected chi connectivity index (χ3v) is 4.44. The molecule has 0 atom stereocenters. The zero-order valence-electron chi connectivity index (χ0n) is 12.6. The van der Waals surface area contributed by atoms with Crippen LogP contribution in [0.1, 0.15) is 56.6 Å². The fourth-order valence-electron chi connectivity index (χ4n) is 3.12. The number of nitrogen functional groups attached to an aromatic ring is 1. The van der Waals surface area contributed by atoms with E-state index in [1.807, 2.05) is 23.7 Å². The predicted octanol–water partition coefficient (Wildman–Crippen LogP) is 3.52. The maximum absolute atomic E-state index is 5.90. The van der Waals surface area contributed by atoms with Gasteiger partial charge in [-0.25, -0.2) is 4.68 Å². The first-order valence-electron chi connectivity index (χ1n) is 7.90. The van der Waals surface area contributed by atoms with Gasteiger partial charge < -0.3 is 5.73 Å². The molecule has 1 aromatic carbocycles. The molecule has 0 saturated heterocycles. The highest BCUT2D eigenvalue weighted by Crippen LogP contribution is 2.29. The Kier molecular flexibility index (Phi) is 4.18. The molecule has 1 aromatic heterocycles. The van der Waals surface area contributed by atoms with Crippen LogP contribution in [-0.4, -0.2) is 20.2 Å². The van der Waals surface area contributed by atoms with E-state index in [0.29, 0.717) is 6.04 Å². The van der Waals surface area contributed by atoms with Crippen LogP contribution in [0.2, 0.25) is 0 Å². The average molecular weight is 285 g/mol. The number of aryl methyl sites for hydroxylation is 1. The molecule has 1 aliphatic rings. The van der Waals surface area contributed by atoms with Crippen molar-refractivity contribution in [2.75, 3.05) is 5.73 Å². The van der Waals surface area contributed by atoms with Crippen molar-refractivity contribution in [2.24, 2.45) is 0 Å². The third kappa shape index (κ3) is 3.06. The number of nitrogens with two attached hydrogens (primary N) is 1. The molecule has 2 N–H and O–H groups in total.